The molecule has 1 heterocycles. The third-order valence-corrected chi connectivity index (χ3v) is 2.90. The van der Waals surface area contributed by atoms with Crippen molar-refractivity contribution in [2.24, 2.45) is 5.92 Å². The van der Waals surface area contributed by atoms with Gasteiger partial charge in [-0.3, -0.25) is 0 Å². The topological polar surface area (TPSA) is 49.8 Å². The van der Waals surface area contributed by atoms with Crippen LogP contribution >= 0.6 is 0 Å². The molecule has 1 fully saturated rings. The standard InChI is InChI=1S/C14H25NO3/c1-5-7-12(16)11-8-6-9-15(10-11)13(17)18-14(2,3)4/h7,11,16H,5-6,8-10H2,1-4H3/b12-7+. The highest BCUT2D eigenvalue weighted by molar-refractivity contribution is 5.68. The minimum atomic E-state index is -0.467. The van der Waals surface area contributed by atoms with Gasteiger partial charge in [-0.15, -0.1) is 0 Å². The van der Waals surface area contributed by atoms with Crippen molar-refractivity contribution in [3.63, 3.8) is 0 Å². The van der Waals surface area contributed by atoms with Crippen LogP contribution in [0, 0.1) is 5.92 Å². The second kappa shape index (κ2) is 6.12. The molecular weight excluding hydrogens is 230 g/mol. The number of amides is 1. The molecule has 1 unspecified atom stereocenters. The van der Waals surface area contributed by atoms with E-state index in [0.29, 0.717) is 18.8 Å². The molecule has 0 spiro atoms. The molecule has 0 aliphatic carbocycles. The Hall–Kier alpha value is -1.19. The fourth-order valence-corrected chi connectivity index (χ4v) is 2.09. The largest absolute Gasteiger partial charge is 0.512 e. The summed E-state index contributed by atoms with van der Waals surface area (Å²) < 4.78 is 5.35. The van der Waals surface area contributed by atoms with Crippen LogP contribution in [0.5, 0.6) is 0 Å². The van der Waals surface area contributed by atoms with E-state index in [1.165, 1.54) is 0 Å². The summed E-state index contributed by atoms with van der Waals surface area (Å²) in [7, 11) is 0. The Morgan fingerprint density at radius 3 is 2.72 bits per heavy atom. The fraction of sp³-hybridized carbons (Fsp3) is 0.786. The van der Waals surface area contributed by atoms with Crippen LogP contribution in [-0.4, -0.2) is 34.8 Å². The monoisotopic (exact) mass is 255 g/mol. The van der Waals surface area contributed by atoms with E-state index in [4.69, 9.17) is 4.74 Å². The van der Waals surface area contributed by atoms with E-state index >= 15 is 0 Å². The van der Waals surface area contributed by atoms with Gasteiger partial charge in [-0.25, -0.2) is 4.79 Å². The molecule has 1 aliphatic rings. The molecule has 4 heteroatoms. The van der Waals surface area contributed by atoms with Crippen LogP contribution in [0.15, 0.2) is 11.8 Å². The van der Waals surface area contributed by atoms with Crippen LogP contribution in [0.3, 0.4) is 0 Å². The van der Waals surface area contributed by atoms with E-state index in [9.17, 15) is 9.90 Å². The molecule has 1 atom stereocenters. The third-order valence-electron chi connectivity index (χ3n) is 2.90. The van der Waals surface area contributed by atoms with Crippen LogP contribution in [0.25, 0.3) is 0 Å². The van der Waals surface area contributed by atoms with Gasteiger partial charge in [0.2, 0.25) is 0 Å². The van der Waals surface area contributed by atoms with Crippen LogP contribution in [0.2, 0.25) is 0 Å². The van der Waals surface area contributed by atoms with Gasteiger partial charge in [0.15, 0.2) is 0 Å². The Morgan fingerprint density at radius 1 is 1.50 bits per heavy atom. The zero-order valence-electron chi connectivity index (χ0n) is 11.9. The Morgan fingerprint density at radius 2 is 2.17 bits per heavy atom. The van der Waals surface area contributed by atoms with Gasteiger partial charge in [-0.1, -0.05) is 6.92 Å². The van der Waals surface area contributed by atoms with Crippen molar-refractivity contribution in [1.29, 1.82) is 0 Å². The number of aliphatic hydroxyl groups is 1. The van der Waals surface area contributed by atoms with Crippen molar-refractivity contribution in [1.82, 2.24) is 4.90 Å². The third kappa shape index (κ3) is 4.59. The van der Waals surface area contributed by atoms with Gasteiger partial charge < -0.3 is 14.7 Å². The van der Waals surface area contributed by atoms with Crippen molar-refractivity contribution in [2.75, 3.05) is 13.1 Å². The SMILES string of the molecule is CC/C=C(/O)C1CCCN(C(=O)OC(C)(C)C)C1. The van der Waals surface area contributed by atoms with Crippen LogP contribution in [-0.2, 0) is 4.74 Å². The number of allylic oxidation sites excluding steroid dienone is 1. The first kappa shape index (κ1) is 14.9. The Bertz CT molecular complexity index is 317. The van der Waals surface area contributed by atoms with Crippen LogP contribution in [0.4, 0.5) is 4.79 Å². The predicted octanol–water partition coefficient (Wildman–Crippen LogP) is 3.49. The highest BCUT2D eigenvalue weighted by atomic mass is 16.6. The summed E-state index contributed by atoms with van der Waals surface area (Å²) in [4.78, 5) is 13.6. The number of aliphatic hydroxyl groups excluding tert-OH is 1. The number of carbonyl (C=O) groups is 1. The van der Waals surface area contributed by atoms with Crippen molar-refractivity contribution in [2.45, 2.75) is 52.6 Å². The number of nitrogens with zero attached hydrogens (tertiary/aromatic N) is 1. The normalized spacial score (nSPS) is 21.9. The summed E-state index contributed by atoms with van der Waals surface area (Å²) in [6.07, 6.45) is 4.20. The molecule has 0 bridgehead atoms. The van der Waals surface area contributed by atoms with E-state index in [1.807, 2.05) is 33.8 Å². The Kier molecular flexibility index (Phi) is 5.05. The average molecular weight is 255 g/mol. The van der Waals surface area contributed by atoms with Crippen molar-refractivity contribution in [3.8, 4) is 0 Å². The molecule has 4 nitrogen and oxygen atoms in total. The molecule has 1 rings (SSSR count). The molecular formula is C14H25NO3. The van der Waals surface area contributed by atoms with E-state index in [-0.39, 0.29) is 12.0 Å². The fourth-order valence-electron chi connectivity index (χ4n) is 2.09. The van der Waals surface area contributed by atoms with Crippen molar-refractivity contribution < 1.29 is 14.6 Å². The first-order valence-corrected chi connectivity index (χ1v) is 6.70. The lowest BCUT2D eigenvalue weighted by molar-refractivity contribution is 0.0166. The van der Waals surface area contributed by atoms with Crippen molar-refractivity contribution >= 4 is 6.09 Å². The molecule has 0 radical (unpaired) electrons. The Balaban J connectivity index is 2.58. The van der Waals surface area contributed by atoms with Gasteiger partial charge in [0, 0.05) is 19.0 Å². The summed E-state index contributed by atoms with van der Waals surface area (Å²) in [5.74, 6) is 0.469. The summed E-state index contributed by atoms with van der Waals surface area (Å²) in [6.45, 7) is 8.84. The van der Waals surface area contributed by atoms with Crippen LogP contribution in [0.1, 0.15) is 47.0 Å². The smallest absolute Gasteiger partial charge is 0.410 e. The maximum atomic E-state index is 11.9. The molecule has 0 saturated carbocycles. The number of likely N-dealkylation sites (tertiary alicyclic amines) is 1. The first-order valence-electron chi connectivity index (χ1n) is 6.70. The van der Waals surface area contributed by atoms with E-state index in [1.54, 1.807) is 4.90 Å². The number of hydrogen-bond acceptors (Lipinski definition) is 3. The molecule has 104 valence electrons. The number of piperidine rings is 1. The molecule has 18 heavy (non-hydrogen) atoms. The zero-order chi connectivity index (χ0) is 13.8. The van der Waals surface area contributed by atoms with E-state index < -0.39 is 5.60 Å². The van der Waals surface area contributed by atoms with E-state index in [0.717, 1.165) is 19.3 Å². The van der Waals surface area contributed by atoms with Gasteiger partial charge in [0.1, 0.15) is 5.60 Å². The first-order chi connectivity index (χ1) is 8.33. The zero-order valence-corrected chi connectivity index (χ0v) is 11.9. The van der Waals surface area contributed by atoms with Gasteiger partial charge in [0.25, 0.3) is 0 Å². The van der Waals surface area contributed by atoms with Gasteiger partial charge in [0.05, 0.1) is 5.76 Å². The molecule has 0 aromatic rings. The van der Waals surface area contributed by atoms with Crippen LogP contribution < -0.4 is 0 Å². The summed E-state index contributed by atoms with van der Waals surface area (Å²) in [5.41, 5.74) is -0.467. The van der Waals surface area contributed by atoms with Gasteiger partial charge in [-0.2, -0.15) is 0 Å². The maximum absolute atomic E-state index is 11.9. The average Bonchev–Trinajstić information content (AvgIpc) is 2.27. The summed E-state index contributed by atoms with van der Waals surface area (Å²) >= 11 is 0. The molecule has 0 aromatic heterocycles. The van der Waals surface area contributed by atoms with E-state index in [2.05, 4.69) is 0 Å². The lowest BCUT2D eigenvalue weighted by atomic mass is 9.96. The molecule has 1 amide bonds. The van der Waals surface area contributed by atoms with Gasteiger partial charge in [-0.05, 0) is 46.1 Å². The predicted molar refractivity (Wildman–Crippen MR) is 71.5 cm³/mol. The minimum Gasteiger partial charge on any atom is -0.512 e. The highest BCUT2D eigenvalue weighted by Crippen LogP contribution is 2.23. The summed E-state index contributed by atoms with van der Waals surface area (Å²) in [5, 5.41) is 9.89. The molecule has 1 N–H and O–H groups in total. The maximum Gasteiger partial charge on any atom is 0.410 e. The number of ether oxygens (including phenoxy) is 1. The number of hydrogen-bond donors (Lipinski definition) is 1. The lowest BCUT2D eigenvalue weighted by Crippen LogP contribution is -2.43. The molecule has 1 aliphatic heterocycles. The Labute approximate surface area is 110 Å². The number of rotatable bonds is 2. The second-order valence-corrected chi connectivity index (χ2v) is 5.80. The molecule has 1 saturated heterocycles. The molecule has 0 aromatic carbocycles. The number of carbonyl (C=O) groups excluding carboxylic acids is 1. The van der Waals surface area contributed by atoms with Gasteiger partial charge >= 0.3 is 6.09 Å². The highest BCUT2D eigenvalue weighted by Gasteiger charge is 2.28. The lowest BCUT2D eigenvalue weighted by Gasteiger charge is -2.33. The summed E-state index contributed by atoms with van der Waals surface area (Å²) in [6, 6.07) is 0. The van der Waals surface area contributed by atoms with Crippen molar-refractivity contribution in [3.05, 3.63) is 11.8 Å². The minimum absolute atomic E-state index is 0.0613. The quantitative estimate of drug-likeness (QED) is 0.768. The second-order valence-electron chi connectivity index (χ2n) is 5.80.